The topological polar surface area (TPSA) is 115 Å². The van der Waals surface area contributed by atoms with Crippen molar-refractivity contribution in [2.45, 2.75) is 38.5 Å². The van der Waals surface area contributed by atoms with Gasteiger partial charge in [0, 0.05) is 31.1 Å². The Morgan fingerprint density at radius 1 is 1.19 bits per heavy atom. The van der Waals surface area contributed by atoms with Crippen molar-refractivity contribution in [2.24, 2.45) is 10.7 Å². The minimum Gasteiger partial charge on any atom is -0.369 e. The number of terminal acetylenes is 1. The average Bonchev–Trinajstić information content (AvgIpc) is 3.22. The van der Waals surface area contributed by atoms with Crippen molar-refractivity contribution in [1.82, 2.24) is 15.1 Å². The van der Waals surface area contributed by atoms with Crippen LogP contribution in [0.15, 0.2) is 29.3 Å². The molecule has 2 fully saturated rings. The van der Waals surface area contributed by atoms with Crippen LogP contribution in [0.4, 0.5) is 5.69 Å². The van der Waals surface area contributed by atoms with Crippen LogP contribution in [0.5, 0.6) is 0 Å². The van der Waals surface area contributed by atoms with Gasteiger partial charge in [0.05, 0.1) is 12.2 Å². The maximum Gasteiger partial charge on any atom is 0.242 e. The first-order valence-corrected chi connectivity index (χ1v) is 10.5. The van der Waals surface area contributed by atoms with Crippen LogP contribution >= 0.6 is 11.6 Å². The first kappa shape index (κ1) is 25.8. The molecule has 2 aliphatic heterocycles. The molecule has 31 heavy (non-hydrogen) atoms. The second-order valence-electron chi connectivity index (χ2n) is 6.93. The van der Waals surface area contributed by atoms with E-state index in [2.05, 4.69) is 23.2 Å². The van der Waals surface area contributed by atoms with Crippen molar-refractivity contribution in [1.29, 1.82) is 5.26 Å². The fourth-order valence-electron chi connectivity index (χ4n) is 3.21. The van der Waals surface area contributed by atoms with Crippen molar-refractivity contribution in [3.63, 3.8) is 0 Å². The highest BCUT2D eigenvalue weighted by molar-refractivity contribution is 6.30. The molecule has 0 radical (unpaired) electrons. The monoisotopic (exact) mass is 444 g/mol. The van der Waals surface area contributed by atoms with Crippen molar-refractivity contribution in [3.8, 4) is 19.0 Å². The Hall–Kier alpha value is -3.23. The number of rotatable bonds is 3. The van der Waals surface area contributed by atoms with E-state index in [-0.39, 0.29) is 17.8 Å². The number of likely N-dealkylation sites (tertiary alicyclic amines) is 2. The fraction of sp³-hybridized carbons (Fsp3) is 0.455. The van der Waals surface area contributed by atoms with Crippen LogP contribution in [0.3, 0.4) is 0 Å². The summed E-state index contributed by atoms with van der Waals surface area (Å²) < 4.78 is 0. The summed E-state index contributed by atoms with van der Waals surface area (Å²) in [4.78, 5) is 31.1. The van der Waals surface area contributed by atoms with Crippen LogP contribution in [-0.4, -0.2) is 53.8 Å². The zero-order chi connectivity index (χ0) is 23.1. The summed E-state index contributed by atoms with van der Waals surface area (Å²) >= 11 is 5.71. The van der Waals surface area contributed by atoms with Gasteiger partial charge in [0.1, 0.15) is 0 Å². The van der Waals surface area contributed by atoms with E-state index in [4.69, 9.17) is 22.6 Å². The molecule has 0 aromatic heterocycles. The number of nitrogens with zero attached hydrogens (tertiary/aromatic N) is 4. The second-order valence-corrected chi connectivity index (χ2v) is 7.36. The molecular weight excluding hydrogens is 416 g/mol. The third-order valence-electron chi connectivity index (χ3n) is 4.70. The number of hydrogen-bond acceptors (Lipinski definition) is 4. The highest BCUT2D eigenvalue weighted by Crippen LogP contribution is 2.17. The van der Waals surface area contributed by atoms with E-state index in [0.29, 0.717) is 23.7 Å². The minimum atomic E-state index is 0.0461. The van der Waals surface area contributed by atoms with Gasteiger partial charge in [0.15, 0.2) is 6.19 Å². The summed E-state index contributed by atoms with van der Waals surface area (Å²) in [6.45, 7) is 2.82. The number of benzene rings is 1. The summed E-state index contributed by atoms with van der Waals surface area (Å²) in [5.41, 5.74) is 5.94. The van der Waals surface area contributed by atoms with Crippen molar-refractivity contribution in [3.05, 3.63) is 29.3 Å². The van der Waals surface area contributed by atoms with Gasteiger partial charge in [-0.1, -0.05) is 24.1 Å². The molecule has 9 heteroatoms. The second kappa shape index (κ2) is 14.7. The molecule has 0 aliphatic carbocycles. The lowest BCUT2D eigenvalue weighted by Gasteiger charge is -2.23. The van der Waals surface area contributed by atoms with Crippen LogP contribution in [0.2, 0.25) is 5.02 Å². The van der Waals surface area contributed by atoms with Crippen molar-refractivity contribution < 1.29 is 9.59 Å². The molecule has 1 aromatic rings. The van der Waals surface area contributed by atoms with Gasteiger partial charge < -0.3 is 15.5 Å². The third-order valence-corrected chi connectivity index (χ3v) is 4.93. The van der Waals surface area contributed by atoms with Crippen molar-refractivity contribution >= 4 is 35.1 Å². The van der Waals surface area contributed by atoms with E-state index in [1.807, 2.05) is 4.90 Å². The molecule has 0 unspecified atom stereocenters. The van der Waals surface area contributed by atoms with E-state index in [1.54, 1.807) is 35.4 Å². The lowest BCUT2D eigenvalue weighted by molar-refractivity contribution is -0.139. The maximum absolute atomic E-state index is 11.9. The third kappa shape index (κ3) is 9.88. The number of nitrogens with one attached hydrogen (secondary N) is 1. The minimum absolute atomic E-state index is 0.0461. The number of halogens is 1. The quantitative estimate of drug-likeness (QED) is 0.244. The molecule has 8 nitrogen and oxygen atoms in total. The summed E-state index contributed by atoms with van der Waals surface area (Å²) in [6.07, 6.45) is 15.6. The molecule has 0 spiro atoms. The van der Waals surface area contributed by atoms with Crippen LogP contribution in [-0.2, 0) is 9.59 Å². The van der Waals surface area contributed by atoms with Crippen LogP contribution in [0.25, 0.3) is 0 Å². The number of aliphatic imine (C=N–C) groups is 1. The van der Waals surface area contributed by atoms with Crippen molar-refractivity contribution in [2.75, 3.05) is 26.2 Å². The predicted octanol–water partition coefficient (Wildman–Crippen LogP) is 2.62. The lowest BCUT2D eigenvalue weighted by Crippen LogP contribution is -2.41. The van der Waals surface area contributed by atoms with Gasteiger partial charge in [-0.15, -0.1) is 12.8 Å². The lowest BCUT2D eigenvalue weighted by atomic mass is 10.2. The zero-order valence-corrected chi connectivity index (χ0v) is 18.4. The molecule has 0 saturated carbocycles. The highest BCUT2D eigenvalue weighted by Gasteiger charge is 2.23. The molecule has 2 saturated heterocycles. The summed E-state index contributed by atoms with van der Waals surface area (Å²) in [6, 6.07) is 6.86. The van der Waals surface area contributed by atoms with E-state index in [0.717, 1.165) is 51.7 Å². The zero-order valence-electron chi connectivity index (χ0n) is 17.6. The number of nitrogens with two attached hydrogens (primary N) is 1. The molecule has 0 atom stereocenters. The normalized spacial score (nSPS) is 16.1. The van der Waals surface area contributed by atoms with Gasteiger partial charge in [0.25, 0.3) is 0 Å². The Balaban J connectivity index is 0.000000293. The van der Waals surface area contributed by atoms with E-state index in [1.165, 1.54) is 0 Å². The number of amides is 2. The molecule has 2 aliphatic rings. The van der Waals surface area contributed by atoms with Crippen LogP contribution in [0, 0.1) is 24.3 Å². The Morgan fingerprint density at radius 2 is 1.87 bits per heavy atom. The number of nitriles is 1. The molecule has 3 N–H and O–H groups in total. The molecule has 3 rings (SSSR count). The number of guanidine groups is 1. The number of carbonyl (C=O) groups excluding carboxylic acids is 2. The Kier molecular flexibility index (Phi) is 12.2. The molecule has 2 heterocycles. The Labute approximate surface area is 189 Å². The van der Waals surface area contributed by atoms with Crippen LogP contribution < -0.4 is 11.1 Å². The smallest absolute Gasteiger partial charge is 0.242 e. The molecule has 166 valence electrons. The van der Waals surface area contributed by atoms with Gasteiger partial charge in [-0.25, -0.2) is 4.99 Å². The highest BCUT2D eigenvalue weighted by atomic mass is 35.5. The van der Waals surface area contributed by atoms with E-state index in [9.17, 15) is 9.59 Å². The van der Waals surface area contributed by atoms with Gasteiger partial charge in [-0.3, -0.25) is 14.9 Å². The van der Waals surface area contributed by atoms with E-state index < -0.39 is 0 Å². The molecule has 2 amide bonds. The first-order chi connectivity index (χ1) is 15.0. The summed E-state index contributed by atoms with van der Waals surface area (Å²) in [5.74, 6) is 0.336. The molecular formula is C22H29ClN6O2. The Bertz CT molecular complexity index is 812. The maximum atomic E-state index is 11.9. The number of hydrogen-bond donors (Lipinski definition) is 2. The van der Waals surface area contributed by atoms with Gasteiger partial charge in [-0.2, -0.15) is 5.26 Å². The molecule has 0 bridgehead atoms. The van der Waals surface area contributed by atoms with Gasteiger partial charge in [0.2, 0.25) is 17.8 Å². The van der Waals surface area contributed by atoms with Gasteiger partial charge >= 0.3 is 0 Å². The largest absolute Gasteiger partial charge is 0.369 e. The summed E-state index contributed by atoms with van der Waals surface area (Å²) in [7, 11) is 0. The van der Waals surface area contributed by atoms with Crippen LogP contribution in [0.1, 0.15) is 38.5 Å². The SMILES string of the molecule is C#C.N#CNC(N)=Nc1cccc(Cl)c1.O=C(CN1CCCCCC1=O)N1CCCC1. The fourth-order valence-corrected chi connectivity index (χ4v) is 3.39. The predicted molar refractivity (Wildman–Crippen MR) is 122 cm³/mol. The molecule has 1 aromatic carbocycles. The summed E-state index contributed by atoms with van der Waals surface area (Å²) in [5, 5.41) is 11.0. The van der Waals surface area contributed by atoms with Gasteiger partial charge in [-0.05, 0) is 43.9 Å². The average molecular weight is 445 g/mol. The Morgan fingerprint density at radius 3 is 2.52 bits per heavy atom. The van der Waals surface area contributed by atoms with E-state index >= 15 is 0 Å². The standard InChI is InChI=1S/C12H20N2O2.C8H7ClN4.C2H2/c15-11-6-2-1-3-9-14(11)10-12(16)13-7-4-5-8-13;9-6-2-1-3-7(4-6)13-8(11)12-5-10;1-2/h1-10H2;1-4H,(H3,11,12,13);1-2H. The number of carbonyl (C=O) groups is 2. The first-order valence-electron chi connectivity index (χ1n) is 10.1.